The van der Waals surface area contributed by atoms with Crippen molar-refractivity contribution >= 4 is 5.91 Å². The molecule has 4 heterocycles. The first-order chi connectivity index (χ1) is 16.3. The summed E-state index contributed by atoms with van der Waals surface area (Å²) in [6, 6.07) is 8.33. The third-order valence-corrected chi connectivity index (χ3v) is 6.03. The van der Waals surface area contributed by atoms with Gasteiger partial charge in [-0.05, 0) is 42.7 Å². The van der Waals surface area contributed by atoms with Crippen LogP contribution in [0.2, 0.25) is 0 Å². The van der Waals surface area contributed by atoms with Gasteiger partial charge in [-0.3, -0.25) is 19.6 Å². The van der Waals surface area contributed by atoms with Crippen LogP contribution in [0.1, 0.15) is 40.5 Å². The number of rotatable bonds is 4. The number of carbonyl (C=O) groups is 1. The van der Waals surface area contributed by atoms with Gasteiger partial charge in [0.1, 0.15) is 0 Å². The summed E-state index contributed by atoms with van der Waals surface area (Å²) >= 11 is 0. The van der Waals surface area contributed by atoms with Gasteiger partial charge >= 0.3 is 6.18 Å². The van der Waals surface area contributed by atoms with Crippen LogP contribution in [0.25, 0.3) is 22.4 Å². The fourth-order valence-corrected chi connectivity index (χ4v) is 4.36. The van der Waals surface area contributed by atoms with Crippen molar-refractivity contribution in [1.82, 2.24) is 29.9 Å². The number of aromatic amines is 1. The van der Waals surface area contributed by atoms with Crippen LogP contribution >= 0.6 is 0 Å². The Kier molecular flexibility index (Phi) is 5.43. The van der Waals surface area contributed by atoms with Crippen molar-refractivity contribution < 1.29 is 18.0 Å². The van der Waals surface area contributed by atoms with Crippen LogP contribution in [0.4, 0.5) is 13.2 Å². The van der Waals surface area contributed by atoms with E-state index < -0.39 is 11.7 Å². The molecule has 174 valence electrons. The van der Waals surface area contributed by atoms with Crippen LogP contribution in [-0.4, -0.2) is 42.3 Å². The van der Waals surface area contributed by atoms with Gasteiger partial charge in [-0.1, -0.05) is 12.1 Å². The maximum absolute atomic E-state index is 13.3. The number of likely N-dealkylation sites (tertiary alicyclic amines) is 1. The number of aryl methyl sites for hydroxylation is 1. The molecule has 0 saturated carbocycles. The van der Waals surface area contributed by atoms with Gasteiger partial charge in [-0.2, -0.15) is 23.4 Å². The van der Waals surface area contributed by atoms with E-state index in [1.54, 1.807) is 40.2 Å². The van der Waals surface area contributed by atoms with Crippen LogP contribution in [0.15, 0.2) is 61.2 Å². The molecule has 0 bridgehead atoms. The molecule has 1 aliphatic heterocycles. The van der Waals surface area contributed by atoms with Gasteiger partial charge in [-0.15, -0.1) is 0 Å². The third-order valence-electron chi connectivity index (χ3n) is 6.03. The van der Waals surface area contributed by atoms with E-state index in [2.05, 4.69) is 20.3 Å². The Morgan fingerprint density at radius 2 is 1.97 bits per heavy atom. The van der Waals surface area contributed by atoms with E-state index in [1.165, 1.54) is 12.3 Å². The van der Waals surface area contributed by atoms with Crippen molar-refractivity contribution in [2.24, 2.45) is 7.05 Å². The van der Waals surface area contributed by atoms with Crippen molar-refractivity contribution in [3.8, 4) is 22.4 Å². The number of aromatic nitrogens is 5. The van der Waals surface area contributed by atoms with E-state index in [4.69, 9.17) is 0 Å². The van der Waals surface area contributed by atoms with Crippen LogP contribution < -0.4 is 0 Å². The number of nitrogens with zero attached hydrogens (tertiary/aromatic N) is 5. The lowest BCUT2D eigenvalue weighted by atomic mass is 9.99. The van der Waals surface area contributed by atoms with Crippen molar-refractivity contribution in [3.63, 3.8) is 0 Å². The minimum absolute atomic E-state index is 0.183. The number of amides is 1. The Morgan fingerprint density at radius 3 is 2.68 bits per heavy atom. The third kappa shape index (κ3) is 4.07. The minimum atomic E-state index is -4.44. The Morgan fingerprint density at radius 1 is 1.12 bits per heavy atom. The van der Waals surface area contributed by atoms with Crippen molar-refractivity contribution in [2.75, 3.05) is 6.54 Å². The number of H-pyrrole nitrogens is 1. The number of benzene rings is 1. The average Bonchev–Trinajstić information content (AvgIpc) is 3.58. The van der Waals surface area contributed by atoms with Gasteiger partial charge in [0.15, 0.2) is 0 Å². The first-order valence-electron chi connectivity index (χ1n) is 10.8. The summed E-state index contributed by atoms with van der Waals surface area (Å²) in [5.41, 5.74) is 2.87. The summed E-state index contributed by atoms with van der Waals surface area (Å²) in [6.07, 6.45) is 3.61. The molecule has 1 fully saturated rings. The summed E-state index contributed by atoms with van der Waals surface area (Å²) in [5, 5.41) is 11.1. The fourth-order valence-electron chi connectivity index (χ4n) is 4.36. The molecule has 3 aromatic heterocycles. The highest BCUT2D eigenvalue weighted by molar-refractivity contribution is 5.94. The molecular formula is C24H21F3N6O. The van der Waals surface area contributed by atoms with Crippen LogP contribution in [0.5, 0.6) is 0 Å². The molecule has 10 heteroatoms. The van der Waals surface area contributed by atoms with E-state index in [1.807, 2.05) is 13.2 Å². The second-order valence-electron chi connectivity index (χ2n) is 8.27. The predicted molar refractivity (Wildman–Crippen MR) is 118 cm³/mol. The van der Waals surface area contributed by atoms with Crippen LogP contribution in [0, 0.1) is 0 Å². The molecule has 0 radical (unpaired) electrons. The normalized spacial score (nSPS) is 16.2. The summed E-state index contributed by atoms with van der Waals surface area (Å²) in [6.45, 7) is 0.537. The van der Waals surface area contributed by atoms with Crippen molar-refractivity contribution in [1.29, 1.82) is 0 Å². The summed E-state index contributed by atoms with van der Waals surface area (Å²) in [5.74, 6) is -0.183. The number of halogens is 3. The Labute approximate surface area is 193 Å². The molecule has 4 aromatic rings. The second-order valence-corrected chi connectivity index (χ2v) is 8.27. The first kappa shape index (κ1) is 21.9. The predicted octanol–water partition coefficient (Wildman–Crippen LogP) is 4.87. The van der Waals surface area contributed by atoms with Crippen LogP contribution in [-0.2, 0) is 13.2 Å². The molecule has 1 N–H and O–H groups in total. The minimum Gasteiger partial charge on any atom is -0.330 e. The molecule has 1 atom stereocenters. The molecule has 0 spiro atoms. The number of nitrogens with one attached hydrogen (secondary N) is 1. The van der Waals surface area contributed by atoms with E-state index in [0.717, 1.165) is 24.1 Å². The summed E-state index contributed by atoms with van der Waals surface area (Å²) in [7, 11) is 1.82. The van der Waals surface area contributed by atoms with Crippen molar-refractivity contribution in [2.45, 2.75) is 25.1 Å². The smallest absolute Gasteiger partial charge is 0.330 e. The Bertz CT molecular complexity index is 1320. The van der Waals surface area contributed by atoms with E-state index >= 15 is 0 Å². The highest BCUT2D eigenvalue weighted by atomic mass is 19.4. The lowest BCUT2D eigenvalue weighted by Crippen LogP contribution is -2.31. The zero-order valence-corrected chi connectivity index (χ0v) is 18.3. The second kappa shape index (κ2) is 8.44. The quantitative estimate of drug-likeness (QED) is 0.466. The number of alkyl halides is 3. The summed E-state index contributed by atoms with van der Waals surface area (Å²) in [4.78, 5) is 19.5. The molecule has 0 aliphatic carbocycles. The molecule has 1 aromatic carbocycles. The highest BCUT2D eigenvalue weighted by Crippen LogP contribution is 2.39. The fraction of sp³-hybridized carbons (Fsp3) is 0.250. The summed E-state index contributed by atoms with van der Waals surface area (Å²) < 4.78 is 41.3. The molecule has 1 amide bonds. The van der Waals surface area contributed by atoms with Gasteiger partial charge in [0.05, 0.1) is 41.0 Å². The lowest BCUT2D eigenvalue weighted by Gasteiger charge is -2.25. The zero-order valence-electron chi connectivity index (χ0n) is 18.3. The van der Waals surface area contributed by atoms with Gasteiger partial charge < -0.3 is 4.90 Å². The maximum atomic E-state index is 13.3. The van der Waals surface area contributed by atoms with E-state index in [9.17, 15) is 18.0 Å². The first-order valence-corrected chi connectivity index (χ1v) is 10.8. The standard InChI is InChI=1S/C24H21F3N6O/c1-32-14-17(12-30-32)20-8-7-16(11-28-20)23(34)33-9-3-6-21(33)22-19(13-29-31-22)15-4-2-5-18(10-15)24(25,26)27/h2,4-5,7-8,10-14,21H,3,6,9H2,1H3,(H,29,31)/t21-/m0/s1. The largest absolute Gasteiger partial charge is 0.416 e. The zero-order chi connectivity index (χ0) is 23.9. The van der Waals surface area contributed by atoms with Gasteiger partial charge in [0.2, 0.25) is 0 Å². The SMILES string of the molecule is Cn1cc(-c2ccc(C(=O)N3CCC[C@H]3c3[nH]ncc3-c3cccc(C(F)(F)F)c3)cn2)cn1. The average molecular weight is 466 g/mol. The van der Waals surface area contributed by atoms with Crippen molar-refractivity contribution in [3.05, 3.63) is 78.0 Å². The van der Waals surface area contributed by atoms with Crippen LogP contribution in [0.3, 0.4) is 0 Å². The highest BCUT2D eigenvalue weighted by Gasteiger charge is 2.34. The number of pyridine rings is 1. The molecule has 34 heavy (non-hydrogen) atoms. The number of hydrogen-bond acceptors (Lipinski definition) is 4. The Balaban J connectivity index is 1.41. The molecule has 1 saturated heterocycles. The van der Waals surface area contributed by atoms with Gasteiger partial charge in [-0.25, -0.2) is 0 Å². The molecular weight excluding hydrogens is 445 g/mol. The lowest BCUT2D eigenvalue weighted by molar-refractivity contribution is -0.137. The molecule has 7 nitrogen and oxygen atoms in total. The molecule has 0 unspecified atom stereocenters. The topological polar surface area (TPSA) is 79.7 Å². The number of carbonyl (C=O) groups excluding carboxylic acids is 1. The Hall–Kier alpha value is -3.95. The molecule has 5 rings (SSSR count). The monoisotopic (exact) mass is 466 g/mol. The maximum Gasteiger partial charge on any atom is 0.416 e. The molecule has 1 aliphatic rings. The van der Waals surface area contributed by atoms with E-state index in [-0.39, 0.29) is 11.9 Å². The van der Waals surface area contributed by atoms with Gasteiger partial charge in [0.25, 0.3) is 5.91 Å². The van der Waals surface area contributed by atoms with Gasteiger partial charge in [0, 0.05) is 37.1 Å². The van der Waals surface area contributed by atoms with E-state index in [0.29, 0.717) is 41.0 Å². The number of hydrogen-bond donors (Lipinski definition) is 1.